The number of rotatable bonds is 4. The van der Waals surface area contributed by atoms with Crippen LogP contribution in [0.4, 0.5) is 0 Å². The van der Waals surface area contributed by atoms with Crippen LogP contribution in [-0.4, -0.2) is 31.2 Å². The van der Waals surface area contributed by atoms with Gasteiger partial charge in [-0.15, -0.1) is 0 Å². The molecule has 1 unspecified atom stereocenters. The third kappa shape index (κ3) is 4.43. The van der Waals surface area contributed by atoms with Gasteiger partial charge in [0.05, 0.1) is 12.6 Å². The molecule has 0 aromatic heterocycles. The highest BCUT2D eigenvalue weighted by Crippen LogP contribution is 2.27. The Morgan fingerprint density at radius 1 is 1.39 bits per heavy atom. The summed E-state index contributed by atoms with van der Waals surface area (Å²) in [5, 5.41) is 3.89. The zero-order valence-electron chi connectivity index (χ0n) is 13.6. The molecule has 1 aromatic carbocycles. The van der Waals surface area contributed by atoms with Crippen molar-refractivity contribution in [2.75, 3.05) is 13.2 Å². The predicted molar refractivity (Wildman–Crippen MR) is 93.8 cm³/mol. The van der Waals surface area contributed by atoms with Crippen LogP contribution >= 0.6 is 0 Å². The molecule has 1 aliphatic heterocycles. The van der Waals surface area contributed by atoms with E-state index in [4.69, 9.17) is 10.6 Å². The van der Waals surface area contributed by atoms with Crippen molar-refractivity contribution in [1.29, 1.82) is 0 Å². The fraction of sp³-hybridized carbons (Fsp3) is 0.474. The molecule has 1 saturated carbocycles. The van der Waals surface area contributed by atoms with E-state index < -0.39 is 0 Å². The lowest BCUT2D eigenvalue weighted by Gasteiger charge is -2.07. The van der Waals surface area contributed by atoms with Crippen LogP contribution in [0.15, 0.2) is 28.3 Å². The number of aryl methyl sites for hydroxylation is 1. The minimum Gasteiger partial charge on any atom is -0.376 e. The summed E-state index contributed by atoms with van der Waals surface area (Å²) in [6, 6.07) is 6.14. The fourth-order valence-electron chi connectivity index (χ4n) is 2.66. The molecule has 23 heavy (non-hydrogen) atoms. The Balaban J connectivity index is 1.68. The molecule has 2 N–H and O–H groups in total. The summed E-state index contributed by atoms with van der Waals surface area (Å²) in [7, 11) is 0. The van der Waals surface area contributed by atoms with Gasteiger partial charge in [0.1, 0.15) is 5.71 Å². The predicted octanol–water partition coefficient (Wildman–Crippen LogP) is 2.67. The first-order valence-corrected chi connectivity index (χ1v) is 8.28. The van der Waals surface area contributed by atoms with Gasteiger partial charge in [-0.1, -0.05) is 17.9 Å². The molecule has 4 heteroatoms. The van der Waals surface area contributed by atoms with Crippen molar-refractivity contribution in [3.05, 3.63) is 34.9 Å². The lowest BCUT2D eigenvalue weighted by atomic mass is 10.0. The van der Waals surface area contributed by atoms with E-state index >= 15 is 0 Å². The summed E-state index contributed by atoms with van der Waals surface area (Å²) >= 11 is 0. The second-order valence-electron chi connectivity index (χ2n) is 6.22. The van der Waals surface area contributed by atoms with E-state index in [0.29, 0.717) is 18.2 Å². The van der Waals surface area contributed by atoms with Crippen LogP contribution < -0.4 is 5.84 Å². The van der Waals surface area contributed by atoms with Crippen molar-refractivity contribution < 1.29 is 4.74 Å². The lowest BCUT2D eigenvalue weighted by Crippen LogP contribution is -2.12. The van der Waals surface area contributed by atoms with Crippen molar-refractivity contribution in [1.82, 2.24) is 0 Å². The monoisotopic (exact) mass is 309 g/mol. The minimum atomic E-state index is 0.242. The second-order valence-corrected chi connectivity index (χ2v) is 6.22. The zero-order chi connectivity index (χ0) is 16.1. The van der Waals surface area contributed by atoms with Crippen molar-refractivity contribution in [3.63, 3.8) is 0 Å². The highest BCUT2D eigenvalue weighted by atomic mass is 16.5. The van der Waals surface area contributed by atoms with E-state index in [-0.39, 0.29) is 6.10 Å². The zero-order valence-corrected chi connectivity index (χ0v) is 13.6. The van der Waals surface area contributed by atoms with Gasteiger partial charge in [-0.3, -0.25) is 4.99 Å². The van der Waals surface area contributed by atoms with Gasteiger partial charge in [-0.25, -0.2) is 0 Å². The molecule has 4 nitrogen and oxygen atoms in total. The maximum absolute atomic E-state index is 5.56. The van der Waals surface area contributed by atoms with Gasteiger partial charge in [-0.05, 0) is 50.3 Å². The smallest absolute Gasteiger partial charge is 0.108 e. The van der Waals surface area contributed by atoms with E-state index in [0.717, 1.165) is 36.1 Å². The summed E-state index contributed by atoms with van der Waals surface area (Å²) in [5.74, 6) is 12.7. The van der Waals surface area contributed by atoms with E-state index in [1.165, 1.54) is 12.8 Å². The number of nitrogens with two attached hydrogens (primary N) is 1. The summed E-state index contributed by atoms with van der Waals surface area (Å²) in [6.45, 7) is 3.57. The normalized spacial score (nSPS) is 21.4. The molecule has 0 bridgehead atoms. The van der Waals surface area contributed by atoms with Crippen LogP contribution in [0.5, 0.6) is 0 Å². The number of hydrazone groups is 1. The minimum absolute atomic E-state index is 0.242. The van der Waals surface area contributed by atoms with Gasteiger partial charge in [0.25, 0.3) is 0 Å². The van der Waals surface area contributed by atoms with Crippen LogP contribution in [0.3, 0.4) is 0 Å². The molecule has 1 atom stereocenters. The molecule has 2 fully saturated rings. The molecule has 1 aromatic rings. The highest BCUT2D eigenvalue weighted by Gasteiger charge is 2.17. The maximum Gasteiger partial charge on any atom is 0.108 e. The lowest BCUT2D eigenvalue weighted by molar-refractivity contribution is 0.118. The molecule has 1 heterocycles. The quantitative estimate of drug-likeness (QED) is 0.402. The Bertz CT molecular complexity index is 672. The third-order valence-electron chi connectivity index (χ3n) is 4.19. The molecule has 0 radical (unpaired) electrons. The largest absolute Gasteiger partial charge is 0.376 e. The van der Waals surface area contributed by atoms with E-state index in [1.54, 1.807) is 6.21 Å². The summed E-state index contributed by atoms with van der Waals surface area (Å²) in [5.41, 5.74) is 3.86. The fourth-order valence-corrected chi connectivity index (χ4v) is 2.66. The molecule has 1 saturated heterocycles. The second kappa shape index (κ2) is 7.43. The van der Waals surface area contributed by atoms with Gasteiger partial charge in [0.2, 0.25) is 0 Å². The van der Waals surface area contributed by atoms with Crippen LogP contribution in [0.1, 0.15) is 42.4 Å². The summed E-state index contributed by atoms with van der Waals surface area (Å²) in [6.07, 6.45) is 6.69. The number of benzene rings is 1. The average Bonchev–Trinajstić information content (AvgIpc) is 3.25. The van der Waals surface area contributed by atoms with Gasteiger partial charge in [-0.2, -0.15) is 5.10 Å². The van der Waals surface area contributed by atoms with Gasteiger partial charge in [0.15, 0.2) is 0 Å². The molecule has 120 valence electrons. The van der Waals surface area contributed by atoms with Crippen LogP contribution in [-0.2, 0) is 4.74 Å². The first kappa shape index (κ1) is 15.8. The molecule has 0 amide bonds. The Morgan fingerprint density at radius 2 is 2.26 bits per heavy atom. The third-order valence-corrected chi connectivity index (χ3v) is 4.19. The van der Waals surface area contributed by atoms with E-state index in [2.05, 4.69) is 34.9 Å². The number of hydrogen-bond acceptors (Lipinski definition) is 4. The van der Waals surface area contributed by atoms with E-state index in [1.807, 2.05) is 12.1 Å². The summed E-state index contributed by atoms with van der Waals surface area (Å²) in [4.78, 5) is 4.44. The number of aliphatic imine (C=N–C) groups is 1. The average molecular weight is 309 g/mol. The number of nitrogens with zero attached hydrogens (tertiary/aromatic N) is 2. The first-order valence-electron chi connectivity index (χ1n) is 8.28. The molecule has 3 rings (SSSR count). The van der Waals surface area contributed by atoms with E-state index in [9.17, 15) is 0 Å². The summed E-state index contributed by atoms with van der Waals surface area (Å²) < 4.78 is 5.56. The Labute approximate surface area is 137 Å². The van der Waals surface area contributed by atoms with Gasteiger partial charge >= 0.3 is 0 Å². The van der Waals surface area contributed by atoms with Crippen LogP contribution in [0, 0.1) is 24.7 Å². The maximum atomic E-state index is 5.56. The Morgan fingerprint density at radius 3 is 2.91 bits per heavy atom. The van der Waals surface area contributed by atoms with Gasteiger partial charge < -0.3 is 10.6 Å². The highest BCUT2D eigenvalue weighted by molar-refractivity contribution is 6.38. The van der Waals surface area contributed by atoms with Crippen LogP contribution in [0.25, 0.3) is 0 Å². The van der Waals surface area contributed by atoms with Crippen molar-refractivity contribution in [3.8, 4) is 11.8 Å². The molecule has 1 aliphatic carbocycles. The standard InChI is InChI=1S/C19H23N3O/c1-14-11-16(7-6-15-4-5-15)8-9-18(14)19(22-20)13-21-12-17-3-2-10-23-17/h8-9,11,13,15,17H,2-5,10,12,20H2,1H3/b21-13?,22-19+. The Hall–Kier alpha value is -2.12. The topological polar surface area (TPSA) is 60.0 Å². The molecule has 0 spiro atoms. The number of hydrogen-bond donors (Lipinski definition) is 1. The van der Waals surface area contributed by atoms with Crippen molar-refractivity contribution in [2.24, 2.45) is 21.9 Å². The first-order chi connectivity index (χ1) is 11.3. The molecular formula is C19H23N3O. The molecular weight excluding hydrogens is 286 g/mol. The van der Waals surface area contributed by atoms with Gasteiger partial charge in [0, 0.05) is 29.9 Å². The SMILES string of the molecule is Cc1cc(C#CC2CC2)ccc1/C(C=NCC1CCCO1)=N/N. The number of ether oxygens (including phenoxy) is 1. The molecule has 2 aliphatic rings. The Kier molecular flexibility index (Phi) is 5.09. The van der Waals surface area contributed by atoms with Crippen LogP contribution in [0.2, 0.25) is 0 Å². The van der Waals surface area contributed by atoms with Crippen molar-refractivity contribution >= 4 is 11.9 Å². The van der Waals surface area contributed by atoms with Crippen molar-refractivity contribution in [2.45, 2.75) is 38.7 Å².